The minimum absolute atomic E-state index is 0.164. The summed E-state index contributed by atoms with van der Waals surface area (Å²) in [6.45, 7) is 3.47. The van der Waals surface area contributed by atoms with Crippen molar-refractivity contribution < 1.29 is 9.72 Å². The maximum Gasteiger partial charge on any atom is 0.294 e. The fourth-order valence-electron chi connectivity index (χ4n) is 1.57. The van der Waals surface area contributed by atoms with Gasteiger partial charge in [-0.1, -0.05) is 6.92 Å². The van der Waals surface area contributed by atoms with Crippen LogP contribution >= 0.6 is 0 Å². The number of nitriles is 1. The molecule has 6 nitrogen and oxygen atoms in total. The van der Waals surface area contributed by atoms with Crippen LogP contribution in [0.5, 0.6) is 0 Å². The second-order valence-electron chi connectivity index (χ2n) is 3.85. The zero-order valence-electron chi connectivity index (χ0n) is 10.2. The lowest BCUT2D eigenvalue weighted by Crippen LogP contribution is -2.13. The van der Waals surface area contributed by atoms with Gasteiger partial charge in [-0.3, -0.25) is 14.9 Å². The zero-order chi connectivity index (χ0) is 13.7. The van der Waals surface area contributed by atoms with Crippen molar-refractivity contribution in [3.8, 4) is 6.07 Å². The first kappa shape index (κ1) is 13.6. The number of benzene rings is 1. The maximum absolute atomic E-state index is 11.5. The summed E-state index contributed by atoms with van der Waals surface area (Å²) >= 11 is 0. The smallest absolute Gasteiger partial charge is 0.294 e. The zero-order valence-corrected chi connectivity index (χ0v) is 10.2. The third-order valence-electron chi connectivity index (χ3n) is 2.38. The van der Waals surface area contributed by atoms with E-state index in [1.807, 2.05) is 13.0 Å². The number of aryl methyl sites for hydroxylation is 1. The van der Waals surface area contributed by atoms with Gasteiger partial charge in [-0.15, -0.1) is 0 Å². The summed E-state index contributed by atoms with van der Waals surface area (Å²) in [5, 5.41) is 22.2. The second-order valence-corrected chi connectivity index (χ2v) is 3.85. The predicted molar refractivity (Wildman–Crippen MR) is 66.1 cm³/mol. The number of rotatable bonds is 4. The van der Waals surface area contributed by atoms with E-state index in [2.05, 4.69) is 5.32 Å². The fraction of sp³-hybridized carbons (Fsp3) is 0.333. The van der Waals surface area contributed by atoms with Crippen LogP contribution in [0.1, 0.15) is 30.9 Å². The number of hydrogen-bond donors (Lipinski definition) is 1. The van der Waals surface area contributed by atoms with E-state index in [0.29, 0.717) is 18.4 Å². The summed E-state index contributed by atoms with van der Waals surface area (Å²) in [6.07, 6.45) is 0.964. The first-order valence-electron chi connectivity index (χ1n) is 5.48. The van der Waals surface area contributed by atoms with Gasteiger partial charge >= 0.3 is 0 Å². The lowest BCUT2D eigenvalue weighted by atomic mass is 10.1. The van der Waals surface area contributed by atoms with Gasteiger partial charge in [0.05, 0.1) is 16.6 Å². The van der Waals surface area contributed by atoms with Crippen molar-refractivity contribution in [3.63, 3.8) is 0 Å². The molecule has 94 valence electrons. The Morgan fingerprint density at radius 1 is 1.56 bits per heavy atom. The Hall–Kier alpha value is -2.42. The standard InChI is InChI=1S/C12H13N3O3/c1-3-4-11(16)14-12-8(2)5-9(7-13)6-10(12)15(17)18/h5-6H,3-4H2,1-2H3,(H,14,16). The molecule has 0 saturated heterocycles. The Morgan fingerprint density at radius 3 is 2.72 bits per heavy atom. The van der Waals surface area contributed by atoms with Crippen molar-refractivity contribution in [2.45, 2.75) is 26.7 Å². The number of nitrogens with one attached hydrogen (secondary N) is 1. The Morgan fingerprint density at radius 2 is 2.22 bits per heavy atom. The van der Waals surface area contributed by atoms with E-state index in [0.717, 1.165) is 6.07 Å². The molecule has 0 radical (unpaired) electrons. The Bertz CT molecular complexity index is 532. The number of nitrogens with zero attached hydrogens (tertiary/aromatic N) is 2. The van der Waals surface area contributed by atoms with Crippen LogP contribution in [0.15, 0.2) is 12.1 Å². The summed E-state index contributed by atoms with van der Waals surface area (Å²) in [5.41, 5.74) is 0.617. The molecule has 0 aliphatic heterocycles. The molecule has 1 N–H and O–H groups in total. The average Bonchev–Trinajstić information content (AvgIpc) is 2.31. The van der Waals surface area contributed by atoms with E-state index in [9.17, 15) is 14.9 Å². The topological polar surface area (TPSA) is 96.0 Å². The highest BCUT2D eigenvalue weighted by Gasteiger charge is 2.19. The van der Waals surface area contributed by atoms with E-state index >= 15 is 0 Å². The van der Waals surface area contributed by atoms with Gasteiger partial charge in [0.2, 0.25) is 5.91 Å². The molecule has 6 heteroatoms. The van der Waals surface area contributed by atoms with E-state index in [1.165, 1.54) is 6.07 Å². The minimum Gasteiger partial charge on any atom is -0.320 e. The normalized spacial score (nSPS) is 9.61. The molecule has 0 aliphatic rings. The van der Waals surface area contributed by atoms with Crippen LogP contribution in [0.3, 0.4) is 0 Å². The van der Waals surface area contributed by atoms with Crippen molar-refractivity contribution in [3.05, 3.63) is 33.4 Å². The van der Waals surface area contributed by atoms with Gasteiger partial charge in [0.1, 0.15) is 5.69 Å². The van der Waals surface area contributed by atoms with Crippen LogP contribution in [-0.4, -0.2) is 10.8 Å². The first-order valence-corrected chi connectivity index (χ1v) is 5.48. The summed E-state index contributed by atoms with van der Waals surface area (Å²) < 4.78 is 0. The van der Waals surface area contributed by atoms with Crippen LogP contribution in [-0.2, 0) is 4.79 Å². The van der Waals surface area contributed by atoms with Gasteiger partial charge in [0.15, 0.2) is 0 Å². The maximum atomic E-state index is 11.5. The summed E-state index contributed by atoms with van der Waals surface area (Å²) in [7, 11) is 0. The third kappa shape index (κ3) is 3.04. The number of hydrogen-bond acceptors (Lipinski definition) is 4. The number of amides is 1. The molecule has 0 aliphatic carbocycles. The number of carbonyl (C=O) groups excluding carboxylic acids is 1. The molecule has 0 unspecified atom stereocenters. The highest BCUT2D eigenvalue weighted by atomic mass is 16.6. The molecular weight excluding hydrogens is 234 g/mol. The van der Waals surface area contributed by atoms with Crippen molar-refractivity contribution in [2.75, 3.05) is 5.32 Å². The minimum atomic E-state index is -0.602. The van der Waals surface area contributed by atoms with Crippen molar-refractivity contribution in [1.29, 1.82) is 5.26 Å². The van der Waals surface area contributed by atoms with Crippen molar-refractivity contribution >= 4 is 17.3 Å². The van der Waals surface area contributed by atoms with E-state index in [1.54, 1.807) is 6.92 Å². The lowest BCUT2D eigenvalue weighted by molar-refractivity contribution is -0.384. The molecule has 18 heavy (non-hydrogen) atoms. The molecule has 1 aromatic carbocycles. The van der Waals surface area contributed by atoms with E-state index < -0.39 is 4.92 Å². The largest absolute Gasteiger partial charge is 0.320 e. The molecule has 0 saturated carbocycles. The van der Waals surface area contributed by atoms with Gasteiger partial charge in [-0.2, -0.15) is 5.26 Å². The molecule has 1 amide bonds. The van der Waals surface area contributed by atoms with Crippen LogP contribution in [0.25, 0.3) is 0 Å². The number of nitro benzene ring substituents is 1. The molecular formula is C12H13N3O3. The first-order chi connectivity index (χ1) is 8.49. The molecule has 0 aromatic heterocycles. The molecule has 0 fully saturated rings. The van der Waals surface area contributed by atoms with Crippen molar-refractivity contribution in [2.24, 2.45) is 0 Å². The number of anilines is 1. The molecule has 1 aromatic rings. The summed E-state index contributed by atoms with van der Waals surface area (Å²) in [6, 6.07) is 4.52. The van der Waals surface area contributed by atoms with E-state index in [-0.39, 0.29) is 22.8 Å². The monoisotopic (exact) mass is 247 g/mol. The molecule has 0 bridgehead atoms. The highest BCUT2D eigenvalue weighted by molar-refractivity contribution is 5.94. The SMILES string of the molecule is CCCC(=O)Nc1c(C)cc(C#N)cc1[N+](=O)[O-]. The lowest BCUT2D eigenvalue weighted by Gasteiger charge is -2.08. The predicted octanol–water partition coefficient (Wildman–Crippen LogP) is 2.51. The highest BCUT2D eigenvalue weighted by Crippen LogP contribution is 2.29. The molecule has 0 spiro atoms. The van der Waals surface area contributed by atoms with Crippen molar-refractivity contribution in [1.82, 2.24) is 0 Å². The summed E-state index contributed by atoms with van der Waals surface area (Å²) in [5.74, 6) is -0.270. The third-order valence-corrected chi connectivity index (χ3v) is 2.38. The van der Waals surface area contributed by atoms with Crippen LogP contribution in [0.2, 0.25) is 0 Å². The average molecular weight is 247 g/mol. The number of carbonyl (C=O) groups is 1. The van der Waals surface area contributed by atoms with Gasteiger partial charge in [0, 0.05) is 12.5 Å². The second kappa shape index (κ2) is 5.77. The Kier molecular flexibility index (Phi) is 4.38. The van der Waals surface area contributed by atoms with Crippen LogP contribution < -0.4 is 5.32 Å². The van der Waals surface area contributed by atoms with Crippen LogP contribution in [0, 0.1) is 28.4 Å². The molecule has 0 heterocycles. The Labute approximate surface area is 104 Å². The summed E-state index contributed by atoms with van der Waals surface area (Å²) in [4.78, 5) is 21.8. The quantitative estimate of drug-likeness (QED) is 0.653. The Balaban J connectivity index is 3.21. The molecule has 0 atom stereocenters. The van der Waals surface area contributed by atoms with Gasteiger partial charge < -0.3 is 5.32 Å². The van der Waals surface area contributed by atoms with E-state index in [4.69, 9.17) is 5.26 Å². The van der Waals surface area contributed by atoms with Gasteiger partial charge in [-0.25, -0.2) is 0 Å². The fourth-order valence-corrected chi connectivity index (χ4v) is 1.57. The van der Waals surface area contributed by atoms with Crippen LogP contribution in [0.4, 0.5) is 11.4 Å². The number of nitro groups is 1. The van der Waals surface area contributed by atoms with Gasteiger partial charge in [0.25, 0.3) is 5.69 Å². The molecule has 1 rings (SSSR count). The van der Waals surface area contributed by atoms with Gasteiger partial charge in [-0.05, 0) is 25.0 Å².